The van der Waals surface area contributed by atoms with E-state index >= 15 is 0 Å². The number of fused-ring (bicyclic) bond motifs is 1. The molecule has 11 heteroatoms. The fourth-order valence-electron chi connectivity index (χ4n) is 4.65. The van der Waals surface area contributed by atoms with Crippen molar-refractivity contribution >= 4 is 49.0 Å². The number of carbonyl (C=O) groups excluding carboxylic acids is 1. The molecule has 2 atom stereocenters. The number of hydrogen-bond donors (Lipinski definition) is 1. The van der Waals surface area contributed by atoms with Gasteiger partial charge in [-0.05, 0) is 56.3 Å². The lowest BCUT2D eigenvalue weighted by Crippen LogP contribution is -2.55. The third kappa shape index (κ3) is 4.56. The molecule has 8 nitrogen and oxygen atoms in total. The number of nitrogens with one attached hydrogen (secondary N) is 1. The van der Waals surface area contributed by atoms with E-state index < -0.39 is 16.1 Å². The molecule has 1 aliphatic rings. The van der Waals surface area contributed by atoms with E-state index in [0.29, 0.717) is 35.7 Å². The summed E-state index contributed by atoms with van der Waals surface area (Å²) in [5, 5.41) is 2.52. The Kier molecular flexibility index (Phi) is 6.44. The molecule has 1 N–H and O–H groups in total. The lowest BCUT2D eigenvalue weighted by atomic mass is 10.1. The molecular weight excluding hydrogens is 501 g/mol. The zero-order valence-corrected chi connectivity index (χ0v) is 21.5. The molecule has 0 bridgehead atoms. The van der Waals surface area contributed by atoms with Gasteiger partial charge in [0, 0.05) is 54.5 Å². The van der Waals surface area contributed by atoms with Gasteiger partial charge in [-0.3, -0.25) is 9.52 Å². The Balaban J connectivity index is 1.26. The van der Waals surface area contributed by atoms with Crippen LogP contribution in [0.3, 0.4) is 0 Å². The minimum atomic E-state index is -3.71. The van der Waals surface area contributed by atoms with Gasteiger partial charge < -0.3 is 14.4 Å². The van der Waals surface area contributed by atoms with Crippen molar-refractivity contribution in [3.8, 4) is 0 Å². The number of benzene rings is 2. The standard InChI is InChI=1S/C25H26FN5O3S2/c1-17-16-29(19-6-8-20(9-7-19)36(33,34)28-25-27-11-15-35-25)13-14-30(17)24(32)18(2)31-12-10-21-22(26)4-3-5-23(21)31/h3-12,15,17-18H,13-14,16H2,1-2H3,(H,27,28)/t17-,18+/m0/s1. The van der Waals surface area contributed by atoms with Crippen LogP contribution in [0.15, 0.2) is 71.2 Å². The van der Waals surface area contributed by atoms with Crippen molar-refractivity contribution in [1.82, 2.24) is 14.5 Å². The number of aromatic nitrogens is 2. The summed E-state index contributed by atoms with van der Waals surface area (Å²) >= 11 is 1.22. The van der Waals surface area contributed by atoms with Gasteiger partial charge in [0.25, 0.3) is 10.0 Å². The largest absolute Gasteiger partial charge is 0.368 e. The molecule has 0 unspecified atom stereocenters. The molecule has 1 saturated heterocycles. The van der Waals surface area contributed by atoms with Crippen molar-refractivity contribution in [3.05, 3.63) is 72.1 Å². The van der Waals surface area contributed by atoms with Crippen LogP contribution in [-0.2, 0) is 14.8 Å². The smallest absolute Gasteiger partial charge is 0.263 e. The van der Waals surface area contributed by atoms with Gasteiger partial charge in [-0.15, -0.1) is 11.3 Å². The van der Waals surface area contributed by atoms with Crippen LogP contribution in [0.1, 0.15) is 19.9 Å². The Labute approximate surface area is 213 Å². The normalized spacial score (nSPS) is 17.4. The Morgan fingerprint density at radius 1 is 1.17 bits per heavy atom. The van der Waals surface area contributed by atoms with Crippen molar-refractivity contribution in [1.29, 1.82) is 0 Å². The van der Waals surface area contributed by atoms with Crippen LogP contribution in [0.25, 0.3) is 10.9 Å². The van der Waals surface area contributed by atoms with Crippen LogP contribution in [-0.4, -0.2) is 54.5 Å². The number of halogens is 1. The zero-order valence-electron chi connectivity index (χ0n) is 19.8. The van der Waals surface area contributed by atoms with Gasteiger partial charge in [-0.1, -0.05) is 6.07 Å². The predicted molar refractivity (Wildman–Crippen MR) is 139 cm³/mol. The molecule has 2 aromatic carbocycles. The first kappa shape index (κ1) is 24.3. The maximum absolute atomic E-state index is 14.1. The number of piperazine rings is 1. The molecular formula is C25H26FN5O3S2. The summed E-state index contributed by atoms with van der Waals surface area (Å²) in [5.41, 5.74) is 1.59. The van der Waals surface area contributed by atoms with Gasteiger partial charge in [0.05, 0.1) is 10.4 Å². The number of nitrogens with zero attached hydrogens (tertiary/aromatic N) is 4. The van der Waals surface area contributed by atoms with Crippen LogP contribution >= 0.6 is 11.3 Å². The highest BCUT2D eigenvalue weighted by Gasteiger charge is 2.31. The summed E-state index contributed by atoms with van der Waals surface area (Å²) in [6, 6.07) is 12.8. The van der Waals surface area contributed by atoms with Gasteiger partial charge in [0.1, 0.15) is 11.9 Å². The Hall–Kier alpha value is -3.44. The van der Waals surface area contributed by atoms with Crippen LogP contribution in [0.4, 0.5) is 15.2 Å². The second-order valence-electron chi connectivity index (χ2n) is 8.83. The number of sulfonamides is 1. The summed E-state index contributed by atoms with van der Waals surface area (Å²) in [5.74, 6) is -0.315. The highest BCUT2D eigenvalue weighted by Crippen LogP contribution is 2.27. The number of anilines is 2. The second kappa shape index (κ2) is 9.55. The number of thiazole rings is 1. The molecule has 1 fully saturated rings. The first-order valence-corrected chi connectivity index (χ1v) is 13.9. The van der Waals surface area contributed by atoms with E-state index in [2.05, 4.69) is 14.6 Å². The number of rotatable bonds is 6. The fraction of sp³-hybridized carbons (Fsp3) is 0.280. The molecule has 5 rings (SSSR count). The highest BCUT2D eigenvalue weighted by molar-refractivity contribution is 7.93. The quantitative estimate of drug-likeness (QED) is 0.403. The maximum atomic E-state index is 14.1. The first-order valence-electron chi connectivity index (χ1n) is 11.6. The van der Waals surface area contributed by atoms with E-state index in [0.717, 1.165) is 5.69 Å². The number of amides is 1. The van der Waals surface area contributed by atoms with E-state index in [9.17, 15) is 17.6 Å². The molecule has 36 heavy (non-hydrogen) atoms. The van der Waals surface area contributed by atoms with Crippen LogP contribution in [0, 0.1) is 5.82 Å². The van der Waals surface area contributed by atoms with Crippen molar-refractivity contribution < 1.29 is 17.6 Å². The van der Waals surface area contributed by atoms with Crippen molar-refractivity contribution in [2.45, 2.75) is 30.8 Å². The van der Waals surface area contributed by atoms with Gasteiger partial charge >= 0.3 is 0 Å². The topological polar surface area (TPSA) is 87.5 Å². The van der Waals surface area contributed by atoms with Gasteiger partial charge in [-0.25, -0.2) is 17.8 Å². The van der Waals surface area contributed by atoms with Gasteiger partial charge in [0.15, 0.2) is 5.13 Å². The first-order chi connectivity index (χ1) is 17.2. The molecule has 0 spiro atoms. The van der Waals surface area contributed by atoms with Crippen LogP contribution < -0.4 is 9.62 Å². The molecule has 1 aliphatic heterocycles. The minimum Gasteiger partial charge on any atom is -0.368 e. The lowest BCUT2D eigenvalue weighted by molar-refractivity contribution is -0.136. The zero-order chi connectivity index (χ0) is 25.4. The number of hydrogen-bond acceptors (Lipinski definition) is 6. The van der Waals surface area contributed by atoms with E-state index in [1.807, 2.05) is 29.4 Å². The van der Waals surface area contributed by atoms with Crippen molar-refractivity contribution in [2.24, 2.45) is 0 Å². The summed E-state index contributed by atoms with van der Waals surface area (Å²) in [6.07, 6.45) is 3.30. The van der Waals surface area contributed by atoms with Crippen LogP contribution in [0.2, 0.25) is 0 Å². The summed E-state index contributed by atoms with van der Waals surface area (Å²) in [4.78, 5) is 21.5. The molecule has 2 aromatic heterocycles. The molecule has 0 saturated carbocycles. The van der Waals surface area contributed by atoms with Crippen molar-refractivity contribution in [3.63, 3.8) is 0 Å². The van der Waals surface area contributed by atoms with E-state index in [4.69, 9.17) is 0 Å². The SMILES string of the molecule is C[C@H](C(=O)N1CCN(c2ccc(S(=O)(=O)Nc3nccs3)cc2)C[C@@H]1C)n1ccc2c(F)cccc21. The third-order valence-corrected chi connectivity index (χ3v) is 8.73. The average Bonchev–Trinajstić information content (AvgIpc) is 3.53. The van der Waals surface area contributed by atoms with Crippen LogP contribution in [0.5, 0.6) is 0 Å². The molecule has 188 valence electrons. The van der Waals surface area contributed by atoms with Gasteiger partial charge in [0.2, 0.25) is 5.91 Å². The Bertz CT molecular complexity index is 1490. The van der Waals surface area contributed by atoms with E-state index in [1.165, 1.54) is 17.4 Å². The summed E-state index contributed by atoms with van der Waals surface area (Å²) in [6.45, 7) is 5.60. The molecule has 1 amide bonds. The number of carbonyl (C=O) groups is 1. The maximum Gasteiger partial charge on any atom is 0.263 e. The summed E-state index contributed by atoms with van der Waals surface area (Å²) in [7, 11) is -3.71. The predicted octanol–water partition coefficient (Wildman–Crippen LogP) is 4.34. The molecule has 3 heterocycles. The van der Waals surface area contributed by atoms with E-state index in [1.54, 1.807) is 54.2 Å². The van der Waals surface area contributed by atoms with Gasteiger partial charge in [-0.2, -0.15) is 0 Å². The summed E-state index contributed by atoms with van der Waals surface area (Å²) < 4.78 is 43.6. The molecule has 0 radical (unpaired) electrons. The van der Waals surface area contributed by atoms with E-state index in [-0.39, 0.29) is 22.7 Å². The monoisotopic (exact) mass is 527 g/mol. The highest BCUT2D eigenvalue weighted by atomic mass is 32.2. The fourth-order valence-corrected chi connectivity index (χ4v) is 6.44. The Morgan fingerprint density at radius 3 is 2.64 bits per heavy atom. The molecule has 0 aliphatic carbocycles. The minimum absolute atomic E-state index is 0.0152. The average molecular weight is 528 g/mol. The molecule has 4 aromatic rings. The van der Waals surface area contributed by atoms with Crippen molar-refractivity contribution in [2.75, 3.05) is 29.3 Å². The second-order valence-corrected chi connectivity index (χ2v) is 11.4. The Morgan fingerprint density at radius 2 is 1.94 bits per heavy atom. The lowest BCUT2D eigenvalue weighted by Gasteiger charge is -2.42. The third-order valence-electron chi connectivity index (χ3n) is 6.56.